The maximum Gasteiger partial charge on any atom is 0.0918 e. The minimum atomic E-state index is 0.0184. The molecule has 0 aliphatic heterocycles. The van der Waals surface area contributed by atoms with E-state index >= 15 is 0 Å². The zero-order chi connectivity index (χ0) is 13.7. The molecule has 0 radical (unpaired) electrons. The molecule has 0 saturated heterocycles. The fourth-order valence-electron chi connectivity index (χ4n) is 5.60. The van der Waals surface area contributed by atoms with Crippen LogP contribution in [0.1, 0.15) is 49.4 Å². The van der Waals surface area contributed by atoms with E-state index in [1.807, 2.05) is 13.0 Å². The summed E-state index contributed by atoms with van der Waals surface area (Å²) in [5.41, 5.74) is 2.05. The average molecular weight is 266 g/mol. The predicted octanol–water partition coefficient (Wildman–Crippen LogP) is 4.07. The van der Waals surface area contributed by atoms with E-state index < -0.39 is 0 Å². The van der Waals surface area contributed by atoms with Crippen LogP contribution in [0.4, 0.5) is 0 Å². The number of aryl methyl sites for hydroxylation is 1. The molecule has 2 heteroatoms. The lowest BCUT2D eigenvalue weighted by atomic mass is 9.49. The van der Waals surface area contributed by atoms with Crippen molar-refractivity contribution in [1.82, 2.24) is 4.98 Å². The molecule has 1 aromatic rings. The van der Waals surface area contributed by atoms with Crippen LogP contribution in [0.25, 0.3) is 0 Å². The molecular weight excluding hydrogens is 244 g/mol. The monoisotopic (exact) mass is 266 g/mol. The number of hydrogen-bond donors (Lipinski definition) is 0. The van der Waals surface area contributed by atoms with Gasteiger partial charge in [0.25, 0.3) is 0 Å². The van der Waals surface area contributed by atoms with Crippen LogP contribution >= 0.6 is 0 Å². The summed E-state index contributed by atoms with van der Waals surface area (Å²) in [5.74, 6) is 4.11. The van der Waals surface area contributed by atoms with Gasteiger partial charge < -0.3 is 0 Å². The highest BCUT2D eigenvalue weighted by atomic mass is 14.7. The van der Waals surface area contributed by atoms with Crippen molar-refractivity contribution in [3.8, 4) is 6.07 Å². The number of nitriles is 1. The second-order valence-corrected chi connectivity index (χ2v) is 7.32. The summed E-state index contributed by atoms with van der Waals surface area (Å²) in [7, 11) is 0. The van der Waals surface area contributed by atoms with Crippen LogP contribution in [0.3, 0.4) is 0 Å². The maximum absolute atomic E-state index is 9.76. The Bertz CT molecular complexity index is 529. The molecule has 1 unspecified atom stereocenters. The first-order valence-electron chi connectivity index (χ1n) is 8.07. The Hall–Kier alpha value is -1.36. The van der Waals surface area contributed by atoms with Gasteiger partial charge in [-0.05, 0) is 80.8 Å². The Morgan fingerprint density at radius 1 is 1.10 bits per heavy atom. The van der Waals surface area contributed by atoms with E-state index in [9.17, 15) is 5.26 Å². The summed E-state index contributed by atoms with van der Waals surface area (Å²) in [6.07, 6.45) is 6.98. The first-order chi connectivity index (χ1) is 9.74. The van der Waals surface area contributed by atoms with Gasteiger partial charge in [-0.3, -0.25) is 4.98 Å². The molecule has 2 nitrogen and oxygen atoms in total. The third kappa shape index (κ3) is 1.87. The quantitative estimate of drug-likeness (QED) is 0.809. The van der Waals surface area contributed by atoms with Gasteiger partial charge in [0.05, 0.1) is 17.7 Å². The van der Waals surface area contributed by atoms with Crippen LogP contribution < -0.4 is 0 Å². The van der Waals surface area contributed by atoms with Gasteiger partial charge in [-0.2, -0.15) is 5.26 Å². The molecule has 4 bridgehead atoms. The van der Waals surface area contributed by atoms with Crippen LogP contribution in [0, 0.1) is 47.8 Å². The Labute approximate surface area is 121 Å². The lowest BCUT2D eigenvalue weighted by molar-refractivity contribution is -0.0416. The number of hydrogen-bond acceptors (Lipinski definition) is 2. The Morgan fingerprint density at radius 3 is 2.30 bits per heavy atom. The second kappa shape index (κ2) is 4.58. The fourth-order valence-corrected chi connectivity index (χ4v) is 5.60. The molecule has 4 aliphatic rings. The van der Waals surface area contributed by atoms with E-state index in [4.69, 9.17) is 0 Å². The predicted molar refractivity (Wildman–Crippen MR) is 77.9 cm³/mol. The molecule has 4 aliphatic carbocycles. The zero-order valence-electron chi connectivity index (χ0n) is 12.1. The lowest BCUT2D eigenvalue weighted by Gasteiger charge is -2.55. The maximum atomic E-state index is 9.76. The van der Waals surface area contributed by atoms with E-state index in [2.05, 4.69) is 23.2 Å². The van der Waals surface area contributed by atoms with E-state index in [0.717, 1.165) is 35.1 Å². The summed E-state index contributed by atoms with van der Waals surface area (Å²) in [6, 6.07) is 8.75. The normalized spacial score (nSPS) is 39.5. The molecular formula is C18H22N2. The molecule has 104 valence electrons. The molecule has 1 heterocycles. The molecule has 4 saturated carbocycles. The van der Waals surface area contributed by atoms with Crippen molar-refractivity contribution in [2.24, 2.45) is 29.6 Å². The summed E-state index contributed by atoms with van der Waals surface area (Å²) >= 11 is 0. The summed E-state index contributed by atoms with van der Waals surface area (Å²) in [6.45, 7) is 2.02. The zero-order valence-corrected chi connectivity index (χ0v) is 12.1. The SMILES string of the molecule is Cc1cccc(C(C#N)C2C3CC4CC(C3)CC2C4)n1. The van der Waals surface area contributed by atoms with Crippen molar-refractivity contribution >= 4 is 0 Å². The van der Waals surface area contributed by atoms with Gasteiger partial charge in [-0.25, -0.2) is 0 Å². The lowest BCUT2D eigenvalue weighted by Crippen LogP contribution is -2.47. The minimum absolute atomic E-state index is 0.0184. The highest BCUT2D eigenvalue weighted by Crippen LogP contribution is 2.59. The van der Waals surface area contributed by atoms with Crippen LogP contribution in [0.5, 0.6) is 0 Å². The van der Waals surface area contributed by atoms with Crippen molar-refractivity contribution in [3.63, 3.8) is 0 Å². The van der Waals surface area contributed by atoms with E-state index in [0.29, 0.717) is 5.92 Å². The van der Waals surface area contributed by atoms with Gasteiger partial charge >= 0.3 is 0 Å². The molecule has 0 spiro atoms. The largest absolute Gasteiger partial charge is 0.257 e. The van der Waals surface area contributed by atoms with Gasteiger partial charge in [-0.15, -0.1) is 0 Å². The highest BCUT2D eigenvalue weighted by molar-refractivity contribution is 5.23. The van der Waals surface area contributed by atoms with E-state index in [1.54, 1.807) is 0 Å². The number of pyridine rings is 1. The van der Waals surface area contributed by atoms with Crippen LogP contribution in [0.2, 0.25) is 0 Å². The molecule has 1 aromatic heterocycles. The molecule has 0 N–H and O–H groups in total. The number of aromatic nitrogens is 1. The topological polar surface area (TPSA) is 36.7 Å². The summed E-state index contributed by atoms with van der Waals surface area (Å²) in [4.78, 5) is 4.65. The highest BCUT2D eigenvalue weighted by Gasteiger charge is 2.51. The van der Waals surface area contributed by atoms with Gasteiger partial charge in [0.2, 0.25) is 0 Å². The molecule has 5 rings (SSSR count). The van der Waals surface area contributed by atoms with Gasteiger partial charge in [0.1, 0.15) is 0 Å². The van der Waals surface area contributed by atoms with E-state index in [1.165, 1.54) is 32.1 Å². The smallest absolute Gasteiger partial charge is 0.0918 e. The van der Waals surface area contributed by atoms with Crippen molar-refractivity contribution in [2.75, 3.05) is 0 Å². The Morgan fingerprint density at radius 2 is 1.75 bits per heavy atom. The summed E-state index contributed by atoms with van der Waals surface area (Å²) < 4.78 is 0. The average Bonchev–Trinajstić information content (AvgIpc) is 2.42. The Kier molecular flexibility index (Phi) is 2.84. The summed E-state index contributed by atoms with van der Waals surface area (Å²) in [5, 5.41) is 9.76. The first-order valence-corrected chi connectivity index (χ1v) is 8.07. The standard InChI is InChI=1S/C18H22N2/c1-11-3-2-4-17(20-11)16(10-19)18-14-6-12-5-13(8-14)9-15(18)7-12/h2-4,12-16,18H,5-9H2,1H3. The fraction of sp³-hybridized carbons (Fsp3) is 0.667. The second-order valence-electron chi connectivity index (χ2n) is 7.32. The number of nitrogens with zero attached hydrogens (tertiary/aromatic N) is 2. The minimum Gasteiger partial charge on any atom is -0.257 e. The molecule has 4 fully saturated rings. The molecule has 0 amide bonds. The third-order valence-corrected chi connectivity index (χ3v) is 6.05. The van der Waals surface area contributed by atoms with Crippen LogP contribution in [-0.2, 0) is 0 Å². The Balaban J connectivity index is 1.67. The van der Waals surface area contributed by atoms with Crippen LogP contribution in [0.15, 0.2) is 18.2 Å². The van der Waals surface area contributed by atoms with Crippen molar-refractivity contribution in [1.29, 1.82) is 5.26 Å². The van der Waals surface area contributed by atoms with Gasteiger partial charge in [0.15, 0.2) is 0 Å². The molecule has 1 atom stereocenters. The van der Waals surface area contributed by atoms with E-state index in [-0.39, 0.29) is 5.92 Å². The first kappa shape index (κ1) is 12.4. The van der Waals surface area contributed by atoms with Gasteiger partial charge in [-0.1, -0.05) is 6.07 Å². The van der Waals surface area contributed by atoms with Crippen LogP contribution in [-0.4, -0.2) is 4.98 Å². The van der Waals surface area contributed by atoms with Gasteiger partial charge in [0, 0.05) is 5.69 Å². The molecule has 20 heavy (non-hydrogen) atoms. The third-order valence-electron chi connectivity index (χ3n) is 6.05. The van der Waals surface area contributed by atoms with Crippen molar-refractivity contribution in [2.45, 2.75) is 44.9 Å². The van der Waals surface area contributed by atoms with Crippen molar-refractivity contribution < 1.29 is 0 Å². The van der Waals surface area contributed by atoms with Crippen molar-refractivity contribution in [3.05, 3.63) is 29.6 Å². The number of rotatable bonds is 2. The molecule has 0 aromatic carbocycles.